The molecular formula is C34H34O7. The largest absolute Gasteiger partial charge is 0.457 e. The zero-order chi connectivity index (χ0) is 29.0. The Balaban J connectivity index is 1.51. The lowest BCUT2D eigenvalue weighted by molar-refractivity contribution is -0.364. The first-order chi connectivity index (χ1) is 19.9. The summed E-state index contributed by atoms with van der Waals surface area (Å²) in [4.78, 5) is 0. The van der Waals surface area contributed by atoms with Crippen molar-refractivity contribution in [3.05, 3.63) is 108 Å². The number of methoxy groups -OCH3 is 6. The summed E-state index contributed by atoms with van der Waals surface area (Å²) in [6.07, 6.45) is 0. The monoisotopic (exact) mass is 554 g/mol. The Bertz CT molecular complexity index is 1640. The highest BCUT2D eigenvalue weighted by atomic mass is 16.9. The van der Waals surface area contributed by atoms with Crippen LogP contribution >= 0.6 is 0 Å². The summed E-state index contributed by atoms with van der Waals surface area (Å²) in [6, 6.07) is 32.2. The molecule has 5 rings (SSSR count). The molecule has 5 aromatic carbocycles. The Morgan fingerprint density at radius 3 is 1.68 bits per heavy atom. The van der Waals surface area contributed by atoms with Crippen molar-refractivity contribution in [3.63, 3.8) is 0 Å². The SMILES string of the molecule is COC(OC)(OC)c1cccc(Oc2cccc(-c3cccc4cc5cc(C(OC)(OC)OC)ccc5cc34)c2)c1. The lowest BCUT2D eigenvalue weighted by Crippen LogP contribution is -2.32. The third-order valence-electron chi connectivity index (χ3n) is 7.37. The summed E-state index contributed by atoms with van der Waals surface area (Å²) in [5.74, 6) is -1.24. The van der Waals surface area contributed by atoms with Crippen LogP contribution in [0.3, 0.4) is 0 Å². The van der Waals surface area contributed by atoms with Crippen LogP contribution in [0.2, 0.25) is 0 Å². The van der Waals surface area contributed by atoms with E-state index in [0.717, 1.165) is 38.2 Å². The first-order valence-electron chi connectivity index (χ1n) is 13.1. The van der Waals surface area contributed by atoms with Gasteiger partial charge in [-0.2, -0.15) is 0 Å². The number of rotatable bonds is 11. The van der Waals surface area contributed by atoms with Gasteiger partial charge in [-0.15, -0.1) is 0 Å². The first kappa shape index (κ1) is 28.7. The second-order valence-corrected chi connectivity index (χ2v) is 9.44. The summed E-state index contributed by atoms with van der Waals surface area (Å²) >= 11 is 0. The van der Waals surface area contributed by atoms with Crippen LogP contribution in [-0.4, -0.2) is 42.7 Å². The lowest BCUT2D eigenvalue weighted by atomic mass is 9.94. The first-order valence-corrected chi connectivity index (χ1v) is 13.1. The number of hydrogen-bond donors (Lipinski definition) is 0. The molecule has 41 heavy (non-hydrogen) atoms. The van der Waals surface area contributed by atoms with E-state index in [2.05, 4.69) is 42.5 Å². The molecule has 0 N–H and O–H groups in total. The van der Waals surface area contributed by atoms with Crippen molar-refractivity contribution in [2.24, 2.45) is 0 Å². The van der Waals surface area contributed by atoms with E-state index in [0.29, 0.717) is 17.1 Å². The molecule has 0 radical (unpaired) electrons. The van der Waals surface area contributed by atoms with Crippen LogP contribution in [0.15, 0.2) is 97.1 Å². The van der Waals surface area contributed by atoms with E-state index in [1.54, 1.807) is 21.3 Å². The van der Waals surface area contributed by atoms with Crippen LogP contribution in [0.5, 0.6) is 11.5 Å². The van der Waals surface area contributed by atoms with E-state index >= 15 is 0 Å². The maximum absolute atomic E-state index is 6.27. The van der Waals surface area contributed by atoms with Gasteiger partial charge in [0.15, 0.2) is 0 Å². The van der Waals surface area contributed by atoms with E-state index in [1.807, 2.05) is 54.6 Å². The third kappa shape index (κ3) is 5.31. The quantitative estimate of drug-likeness (QED) is 0.123. The molecule has 0 bridgehead atoms. The minimum atomic E-state index is -1.31. The summed E-state index contributed by atoms with van der Waals surface area (Å²) in [5, 5.41) is 4.39. The number of ether oxygens (including phenoxy) is 7. The zero-order valence-corrected chi connectivity index (χ0v) is 24.1. The van der Waals surface area contributed by atoms with Crippen LogP contribution in [0.1, 0.15) is 11.1 Å². The molecule has 0 saturated heterocycles. The van der Waals surface area contributed by atoms with Gasteiger partial charge in [0.2, 0.25) is 0 Å². The van der Waals surface area contributed by atoms with Crippen LogP contribution in [0, 0.1) is 0 Å². The fraction of sp³-hybridized carbons (Fsp3) is 0.235. The Hall–Kier alpha value is -3.82. The van der Waals surface area contributed by atoms with E-state index in [-0.39, 0.29) is 0 Å². The third-order valence-corrected chi connectivity index (χ3v) is 7.37. The molecule has 0 aromatic heterocycles. The zero-order valence-electron chi connectivity index (χ0n) is 24.1. The molecule has 0 aliphatic heterocycles. The van der Waals surface area contributed by atoms with Crippen molar-refractivity contribution in [1.29, 1.82) is 0 Å². The molecule has 212 valence electrons. The summed E-state index contributed by atoms with van der Waals surface area (Å²) < 4.78 is 39.4. The maximum Gasteiger partial charge on any atom is 0.311 e. The molecule has 7 heteroatoms. The molecule has 0 saturated carbocycles. The molecule has 0 unspecified atom stereocenters. The van der Waals surface area contributed by atoms with Crippen molar-refractivity contribution in [2.75, 3.05) is 42.7 Å². The predicted molar refractivity (Wildman–Crippen MR) is 159 cm³/mol. The second-order valence-electron chi connectivity index (χ2n) is 9.44. The van der Waals surface area contributed by atoms with E-state index in [9.17, 15) is 0 Å². The number of fused-ring (bicyclic) bond motifs is 2. The van der Waals surface area contributed by atoms with Gasteiger partial charge >= 0.3 is 11.9 Å². The molecule has 5 aromatic rings. The predicted octanol–water partition coefficient (Wildman–Crippen LogP) is 7.55. The standard InChI is InChI=1S/C34H34O7/c1-35-33(36-2,37-3)27-12-9-14-30(22-27)41-29-13-7-10-25(20-29)31-15-8-11-24-18-26-19-28(34(38-4,39-5)40-6)17-16-23(26)21-32(24)31/h7-22H,1-6H3. The van der Waals surface area contributed by atoms with Crippen LogP contribution < -0.4 is 4.74 Å². The number of hydrogen-bond acceptors (Lipinski definition) is 7. The van der Waals surface area contributed by atoms with Crippen molar-refractivity contribution in [2.45, 2.75) is 11.9 Å². The van der Waals surface area contributed by atoms with Crippen LogP contribution in [-0.2, 0) is 40.4 Å². The summed E-state index contributed by atoms with van der Waals surface area (Å²) in [5.41, 5.74) is 3.60. The maximum atomic E-state index is 6.27. The van der Waals surface area contributed by atoms with E-state index in [4.69, 9.17) is 33.2 Å². The normalized spacial score (nSPS) is 12.2. The molecule has 0 fully saturated rings. The van der Waals surface area contributed by atoms with Gasteiger partial charge in [-0.25, -0.2) is 0 Å². The summed E-state index contributed by atoms with van der Waals surface area (Å²) in [6.45, 7) is 0. The minimum Gasteiger partial charge on any atom is -0.457 e. The van der Waals surface area contributed by atoms with Gasteiger partial charge in [-0.3, -0.25) is 0 Å². The lowest BCUT2D eigenvalue weighted by Gasteiger charge is -2.29. The van der Waals surface area contributed by atoms with Crippen molar-refractivity contribution < 1.29 is 33.2 Å². The minimum absolute atomic E-state index is 0.633. The van der Waals surface area contributed by atoms with Crippen molar-refractivity contribution in [1.82, 2.24) is 0 Å². The van der Waals surface area contributed by atoms with E-state index in [1.165, 1.54) is 21.3 Å². The van der Waals surface area contributed by atoms with Gasteiger partial charge in [0.05, 0.1) is 0 Å². The average Bonchev–Trinajstić information content (AvgIpc) is 3.02. The molecule has 0 amide bonds. The van der Waals surface area contributed by atoms with Gasteiger partial charge in [0.1, 0.15) is 11.5 Å². The van der Waals surface area contributed by atoms with Gasteiger partial charge in [0, 0.05) is 53.8 Å². The molecule has 0 aliphatic carbocycles. The highest BCUT2D eigenvalue weighted by Crippen LogP contribution is 2.37. The molecule has 0 atom stereocenters. The van der Waals surface area contributed by atoms with Gasteiger partial charge in [-0.05, 0) is 75.1 Å². The van der Waals surface area contributed by atoms with Crippen LogP contribution in [0.4, 0.5) is 0 Å². The topological polar surface area (TPSA) is 64.6 Å². The molecule has 0 spiro atoms. The molecule has 0 aliphatic rings. The Morgan fingerprint density at radius 1 is 0.439 bits per heavy atom. The van der Waals surface area contributed by atoms with Crippen molar-refractivity contribution >= 4 is 21.5 Å². The highest BCUT2D eigenvalue weighted by Gasteiger charge is 2.33. The van der Waals surface area contributed by atoms with Gasteiger partial charge in [0.25, 0.3) is 0 Å². The van der Waals surface area contributed by atoms with Crippen LogP contribution in [0.25, 0.3) is 32.7 Å². The Morgan fingerprint density at radius 2 is 1.02 bits per heavy atom. The molecule has 7 nitrogen and oxygen atoms in total. The molecular weight excluding hydrogens is 520 g/mol. The fourth-order valence-corrected chi connectivity index (χ4v) is 5.29. The molecule has 0 heterocycles. The second kappa shape index (κ2) is 12.0. The smallest absolute Gasteiger partial charge is 0.311 e. The summed E-state index contributed by atoms with van der Waals surface area (Å²) in [7, 11) is 9.27. The van der Waals surface area contributed by atoms with Gasteiger partial charge in [-0.1, -0.05) is 54.6 Å². The Labute approximate surface area is 240 Å². The highest BCUT2D eigenvalue weighted by molar-refractivity contribution is 6.05. The van der Waals surface area contributed by atoms with Crippen molar-refractivity contribution in [3.8, 4) is 22.6 Å². The Kier molecular flexibility index (Phi) is 8.37. The fourth-order valence-electron chi connectivity index (χ4n) is 5.29. The average molecular weight is 555 g/mol. The number of benzene rings is 5. The van der Waals surface area contributed by atoms with Gasteiger partial charge < -0.3 is 33.2 Å². The van der Waals surface area contributed by atoms with E-state index < -0.39 is 11.9 Å².